The molecule has 2 aliphatic rings. The second-order valence-corrected chi connectivity index (χ2v) is 19.7. The number of nitrogens with two attached hydrogens (primary N) is 1. The number of halogens is 3. The minimum Gasteiger partial charge on any atom is -0.478 e. The van der Waals surface area contributed by atoms with Gasteiger partial charge in [0.05, 0.1) is 5.56 Å². The van der Waals surface area contributed by atoms with E-state index in [0.717, 1.165) is 45.3 Å². The minimum absolute atomic E-state index is 0. The maximum absolute atomic E-state index is 13.5. The Balaban J connectivity index is 0.000000185. The van der Waals surface area contributed by atoms with Gasteiger partial charge in [-0.3, -0.25) is 14.4 Å². The predicted octanol–water partition coefficient (Wildman–Crippen LogP) is 13.2. The summed E-state index contributed by atoms with van der Waals surface area (Å²) in [4.78, 5) is 51.6. The third-order valence-electron chi connectivity index (χ3n) is 12.5. The van der Waals surface area contributed by atoms with Gasteiger partial charge >= 0.3 is 5.97 Å². The molecule has 4 unspecified atom stereocenters. The number of benzene rings is 8. The molecule has 3 amide bonds. The van der Waals surface area contributed by atoms with E-state index in [1.54, 1.807) is 23.5 Å². The van der Waals surface area contributed by atoms with E-state index >= 15 is 0 Å². The number of hydrogen-bond donors (Lipinski definition) is 5. The van der Waals surface area contributed by atoms with Crippen molar-refractivity contribution in [2.24, 2.45) is 5.73 Å². The van der Waals surface area contributed by atoms with Crippen LogP contribution in [0.4, 0.5) is 20.2 Å². The minimum atomic E-state index is -1.08. The molecule has 0 saturated heterocycles. The summed E-state index contributed by atoms with van der Waals surface area (Å²) in [5.41, 5.74) is 11.0. The fraction of sp³-hybridized carbons (Fsp3) is 0.133. The quantitative estimate of drug-likeness (QED) is 0.0637. The number of carbonyl (C=O) groups excluding carboxylic acids is 3. The van der Waals surface area contributed by atoms with Gasteiger partial charge in [0.2, 0.25) is 5.91 Å². The molecular weight excluding hydrogens is 994 g/mol. The van der Waals surface area contributed by atoms with E-state index in [9.17, 15) is 28.0 Å². The molecule has 2 fully saturated rings. The molecule has 6 N–H and O–H groups in total. The monoisotopic (exact) mass is 1050 g/mol. The van der Waals surface area contributed by atoms with Crippen molar-refractivity contribution < 1.29 is 33.1 Å². The van der Waals surface area contributed by atoms with Crippen LogP contribution in [0, 0.1) is 11.6 Å². The number of nitrogens with one attached hydrogen (secondary N) is 3. The van der Waals surface area contributed by atoms with Gasteiger partial charge < -0.3 is 26.8 Å². The van der Waals surface area contributed by atoms with Crippen LogP contribution < -0.4 is 21.7 Å². The number of rotatable bonds is 15. The van der Waals surface area contributed by atoms with Gasteiger partial charge in [-0.1, -0.05) is 121 Å². The Morgan fingerprint density at radius 3 is 1.32 bits per heavy atom. The van der Waals surface area contributed by atoms with E-state index in [0.29, 0.717) is 24.1 Å². The molecule has 0 radical (unpaired) electrons. The van der Waals surface area contributed by atoms with Gasteiger partial charge in [0.15, 0.2) is 0 Å². The van der Waals surface area contributed by atoms with Crippen LogP contribution in [0.25, 0.3) is 0 Å². The van der Waals surface area contributed by atoms with E-state index in [1.807, 2.05) is 133 Å². The Morgan fingerprint density at radius 2 is 0.892 bits per heavy atom. The number of hydrogen-bond acceptors (Lipinski definition) is 7. The largest absolute Gasteiger partial charge is 0.478 e. The van der Waals surface area contributed by atoms with Crippen molar-refractivity contribution in [1.29, 1.82) is 0 Å². The van der Waals surface area contributed by atoms with E-state index in [2.05, 4.69) is 52.3 Å². The highest BCUT2D eigenvalue weighted by Crippen LogP contribution is 2.52. The summed E-state index contributed by atoms with van der Waals surface area (Å²) < 4.78 is 25.5. The van der Waals surface area contributed by atoms with Crippen molar-refractivity contribution in [3.63, 3.8) is 0 Å². The molecule has 0 spiro atoms. The molecule has 0 aromatic heterocycles. The maximum Gasteiger partial charge on any atom is 0.335 e. The zero-order valence-electron chi connectivity index (χ0n) is 39.9. The molecule has 0 bridgehead atoms. The molecule has 9 nitrogen and oxygen atoms in total. The maximum atomic E-state index is 13.5. The summed E-state index contributed by atoms with van der Waals surface area (Å²) in [7, 11) is 0. The van der Waals surface area contributed by atoms with Crippen molar-refractivity contribution >= 4 is 71.0 Å². The molecule has 2 aliphatic carbocycles. The van der Waals surface area contributed by atoms with Gasteiger partial charge in [0.25, 0.3) is 11.8 Å². The van der Waals surface area contributed by atoms with Gasteiger partial charge in [-0.15, -0.1) is 35.9 Å². The van der Waals surface area contributed by atoms with Crippen LogP contribution in [0.15, 0.2) is 228 Å². The second-order valence-electron chi connectivity index (χ2n) is 17.6. The molecule has 8 aromatic rings. The summed E-state index contributed by atoms with van der Waals surface area (Å²) in [6.45, 7) is 0. The van der Waals surface area contributed by atoms with Crippen molar-refractivity contribution in [2.75, 3.05) is 10.6 Å². The fourth-order valence-electron chi connectivity index (χ4n) is 8.14. The standard InChI is InChI=1S/C30H25FN2O2S.C23H22N2OS.C7H5FO2.ClH/c31-24-13-11-23(12-14-24)28(34)33-30(19-27(30)22-9-5-2-6-10-22)29(35)32-25-15-17-26(18-16-25)36-20-21-7-3-1-4-8-21;24-23(15-21(23)18-9-5-2-6-10-18)22(26)25-19-11-13-20(14-12-19)27-16-17-7-3-1-4-8-17;8-6-3-1-5(2-4-6)7(9)10;/h1-18,27H,19-20H2,(H,32,35)(H,33,34);1-14,21H,15-16,24H2,(H,25,26);1-4H,(H,9,10);1H. The molecule has 376 valence electrons. The van der Waals surface area contributed by atoms with Crippen molar-refractivity contribution in [3.05, 3.63) is 263 Å². The topological polar surface area (TPSA) is 151 Å². The van der Waals surface area contributed by atoms with E-state index < -0.39 is 34.6 Å². The fourth-order valence-corrected chi connectivity index (χ4v) is 9.85. The van der Waals surface area contributed by atoms with Crippen LogP contribution in [0.3, 0.4) is 0 Å². The first-order chi connectivity index (χ1) is 35.4. The van der Waals surface area contributed by atoms with E-state index in [1.165, 1.54) is 52.4 Å². The SMILES string of the molecule is Cl.NC1(C(=O)Nc2ccc(SCc3ccccc3)cc2)CC1c1ccccc1.O=C(NC1(C(=O)Nc2ccc(SCc3ccccc3)cc2)CC1c1ccccc1)c1ccc(F)cc1.O=C(O)c1ccc(F)cc1. The third kappa shape index (κ3) is 14.6. The van der Waals surface area contributed by atoms with E-state index in [4.69, 9.17) is 10.8 Å². The molecule has 14 heteroatoms. The van der Waals surface area contributed by atoms with Crippen molar-refractivity contribution in [1.82, 2.24) is 5.32 Å². The zero-order valence-corrected chi connectivity index (χ0v) is 42.4. The first kappa shape index (κ1) is 54.2. The number of carboxylic acids is 1. The average Bonchev–Trinajstić information content (AvgIpc) is 4.35. The summed E-state index contributed by atoms with van der Waals surface area (Å²) in [6, 6.07) is 66.0. The zero-order chi connectivity index (χ0) is 51.2. The first-order valence-electron chi connectivity index (χ1n) is 23.5. The highest BCUT2D eigenvalue weighted by molar-refractivity contribution is 7.98. The first-order valence-corrected chi connectivity index (χ1v) is 25.5. The Kier molecular flexibility index (Phi) is 18.6. The Morgan fingerprint density at radius 1 is 0.500 bits per heavy atom. The molecule has 0 aliphatic heterocycles. The lowest BCUT2D eigenvalue weighted by Gasteiger charge is -2.20. The number of amides is 3. The van der Waals surface area contributed by atoms with Crippen molar-refractivity contribution in [2.45, 2.75) is 57.1 Å². The number of carbonyl (C=O) groups is 4. The molecule has 2 saturated carbocycles. The summed E-state index contributed by atoms with van der Waals surface area (Å²) >= 11 is 3.51. The molecule has 0 heterocycles. The van der Waals surface area contributed by atoms with Crippen LogP contribution >= 0.6 is 35.9 Å². The van der Waals surface area contributed by atoms with Crippen molar-refractivity contribution in [3.8, 4) is 0 Å². The van der Waals surface area contributed by atoms with Crippen LogP contribution in [0.2, 0.25) is 0 Å². The highest BCUT2D eigenvalue weighted by atomic mass is 35.5. The van der Waals surface area contributed by atoms with Gasteiger partial charge in [-0.05, 0) is 132 Å². The van der Waals surface area contributed by atoms with Gasteiger partial charge in [0, 0.05) is 50.1 Å². The predicted molar refractivity (Wildman–Crippen MR) is 294 cm³/mol. The lowest BCUT2D eigenvalue weighted by molar-refractivity contribution is -0.119. The second kappa shape index (κ2) is 25.4. The van der Waals surface area contributed by atoms with E-state index in [-0.39, 0.29) is 41.6 Å². The lowest BCUT2D eigenvalue weighted by atomic mass is 10.0. The Hall–Kier alpha value is -7.55. The normalized spacial score (nSPS) is 17.8. The van der Waals surface area contributed by atoms with Gasteiger partial charge in [-0.2, -0.15) is 0 Å². The molecule has 4 atom stereocenters. The molecule has 10 rings (SSSR count). The van der Waals surface area contributed by atoms with Crippen LogP contribution in [-0.2, 0) is 21.1 Å². The molecule has 74 heavy (non-hydrogen) atoms. The van der Waals surface area contributed by atoms with Gasteiger partial charge in [-0.25, -0.2) is 13.6 Å². The number of anilines is 2. The molecule has 8 aromatic carbocycles. The smallest absolute Gasteiger partial charge is 0.335 e. The molecular formula is C60H53ClF2N4O5S2. The summed E-state index contributed by atoms with van der Waals surface area (Å²) in [5.74, 6) is -0.930. The lowest BCUT2D eigenvalue weighted by Crippen LogP contribution is -2.47. The summed E-state index contributed by atoms with van der Waals surface area (Å²) in [5, 5.41) is 17.3. The Labute approximate surface area is 443 Å². The van der Waals surface area contributed by atoms with Crippen LogP contribution in [0.1, 0.15) is 67.6 Å². The Bertz CT molecular complexity index is 3110. The third-order valence-corrected chi connectivity index (χ3v) is 14.6. The highest BCUT2D eigenvalue weighted by Gasteiger charge is 2.62. The number of aromatic carboxylic acids is 1. The van der Waals surface area contributed by atoms with Gasteiger partial charge in [0.1, 0.15) is 22.7 Å². The number of carboxylic acid groups (broad SMARTS) is 1. The van der Waals surface area contributed by atoms with Crippen LogP contribution in [-0.4, -0.2) is 39.9 Å². The summed E-state index contributed by atoms with van der Waals surface area (Å²) in [6.07, 6.45) is 1.18. The average molecular weight is 1050 g/mol. The number of thioether (sulfide) groups is 2. The van der Waals surface area contributed by atoms with Crippen LogP contribution in [0.5, 0.6) is 0 Å².